The molecule has 0 aliphatic rings. The molecular formula is C11H15BrFNOS. The van der Waals surface area contributed by atoms with Gasteiger partial charge in [-0.2, -0.15) is 0 Å². The molecule has 0 heterocycles. The van der Waals surface area contributed by atoms with Gasteiger partial charge in [0.1, 0.15) is 5.82 Å². The van der Waals surface area contributed by atoms with Crippen molar-refractivity contribution in [2.24, 2.45) is 0 Å². The van der Waals surface area contributed by atoms with Crippen LogP contribution in [-0.2, 0) is 17.5 Å². The largest absolute Gasteiger partial charge is 0.242 e. The average molecular weight is 308 g/mol. The van der Waals surface area contributed by atoms with Crippen molar-refractivity contribution < 1.29 is 8.60 Å². The van der Waals surface area contributed by atoms with Crippen LogP contribution in [0, 0.1) is 5.82 Å². The molecule has 0 bridgehead atoms. The van der Waals surface area contributed by atoms with Crippen molar-refractivity contribution in [3.05, 3.63) is 34.1 Å². The summed E-state index contributed by atoms with van der Waals surface area (Å²) in [5.41, 5.74) is 0.506. The Bertz CT molecular complexity index is 403. The summed E-state index contributed by atoms with van der Waals surface area (Å²) in [5.74, 6) is -0.290. The first kappa shape index (κ1) is 13.8. The molecule has 16 heavy (non-hydrogen) atoms. The quantitative estimate of drug-likeness (QED) is 0.913. The van der Waals surface area contributed by atoms with E-state index < -0.39 is 11.0 Å². The second-order valence-electron chi connectivity index (χ2n) is 4.44. The van der Waals surface area contributed by atoms with Gasteiger partial charge in [-0.15, -0.1) is 0 Å². The van der Waals surface area contributed by atoms with Gasteiger partial charge in [-0.25, -0.2) is 13.3 Å². The van der Waals surface area contributed by atoms with Crippen LogP contribution in [0.25, 0.3) is 0 Å². The molecular weight excluding hydrogens is 293 g/mol. The number of benzene rings is 1. The Morgan fingerprint density at radius 2 is 2.06 bits per heavy atom. The summed E-state index contributed by atoms with van der Waals surface area (Å²) in [6, 6.07) is 4.71. The fourth-order valence-corrected chi connectivity index (χ4v) is 2.17. The van der Waals surface area contributed by atoms with Crippen LogP contribution in [0.2, 0.25) is 0 Å². The molecule has 1 atom stereocenters. The van der Waals surface area contributed by atoms with E-state index in [0.717, 1.165) is 4.47 Å². The van der Waals surface area contributed by atoms with Gasteiger partial charge in [0, 0.05) is 16.6 Å². The number of halogens is 2. The van der Waals surface area contributed by atoms with E-state index in [4.69, 9.17) is 0 Å². The highest BCUT2D eigenvalue weighted by atomic mass is 79.9. The van der Waals surface area contributed by atoms with E-state index in [0.29, 0.717) is 5.56 Å². The molecule has 1 N–H and O–H groups in total. The monoisotopic (exact) mass is 307 g/mol. The topological polar surface area (TPSA) is 29.1 Å². The standard InChI is InChI=1S/C11H15BrFNOS/c1-11(2,3)16(15)14-7-8-6-9(12)4-5-10(8)13/h4-6,14H,7H2,1-3H3. The van der Waals surface area contributed by atoms with Crippen LogP contribution in [0.4, 0.5) is 4.39 Å². The maximum Gasteiger partial charge on any atom is 0.127 e. The molecule has 1 rings (SSSR count). The molecule has 0 aliphatic heterocycles. The first-order valence-electron chi connectivity index (χ1n) is 4.90. The van der Waals surface area contributed by atoms with Crippen LogP contribution in [0.15, 0.2) is 22.7 Å². The summed E-state index contributed by atoms with van der Waals surface area (Å²) < 4.78 is 28.3. The smallest absolute Gasteiger partial charge is 0.127 e. The Balaban J connectivity index is 2.68. The molecule has 0 aliphatic carbocycles. The van der Waals surface area contributed by atoms with Crippen molar-refractivity contribution in [1.29, 1.82) is 0 Å². The van der Waals surface area contributed by atoms with Crippen molar-refractivity contribution in [3.8, 4) is 0 Å². The molecule has 2 nitrogen and oxygen atoms in total. The predicted molar refractivity (Wildman–Crippen MR) is 68.8 cm³/mol. The van der Waals surface area contributed by atoms with Gasteiger partial charge in [0.15, 0.2) is 0 Å². The first-order valence-corrected chi connectivity index (χ1v) is 6.84. The van der Waals surface area contributed by atoms with Gasteiger partial charge < -0.3 is 0 Å². The lowest BCUT2D eigenvalue weighted by Gasteiger charge is -2.18. The van der Waals surface area contributed by atoms with Gasteiger partial charge in [0.2, 0.25) is 0 Å². The van der Waals surface area contributed by atoms with Crippen molar-refractivity contribution in [3.63, 3.8) is 0 Å². The summed E-state index contributed by atoms with van der Waals surface area (Å²) in [4.78, 5) is 0. The number of rotatable bonds is 3. The van der Waals surface area contributed by atoms with Crippen LogP contribution >= 0.6 is 15.9 Å². The summed E-state index contributed by atoms with van der Waals surface area (Å²) in [6.07, 6.45) is 0. The first-order chi connectivity index (χ1) is 7.30. The molecule has 0 spiro atoms. The van der Waals surface area contributed by atoms with Crippen molar-refractivity contribution in [2.45, 2.75) is 32.1 Å². The van der Waals surface area contributed by atoms with Crippen LogP contribution in [0.5, 0.6) is 0 Å². The molecule has 0 radical (unpaired) electrons. The lowest BCUT2D eigenvalue weighted by molar-refractivity contribution is 0.600. The lowest BCUT2D eigenvalue weighted by atomic mass is 10.2. The summed E-state index contributed by atoms with van der Waals surface area (Å²) in [7, 11) is -1.18. The second-order valence-corrected chi connectivity index (χ2v) is 7.40. The molecule has 0 saturated carbocycles. The van der Waals surface area contributed by atoms with Gasteiger partial charge >= 0.3 is 0 Å². The van der Waals surface area contributed by atoms with E-state index in [2.05, 4.69) is 20.7 Å². The number of nitrogens with one attached hydrogen (secondary N) is 1. The highest BCUT2D eigenvalue weighted by Crippen LogP contribution is 2.16. The minimum absolute atomic E-state index is 0.259. The summed E-state index contributed by atoms with van der Waals surface area (Å²) >= 11 is 3.27. The average Bonchev–Trinajstić information content (AvgIpc) is 2.17. The Labute approximate surface area is 106 Å². The molecule has 0 saturated heterocycles. The summed E-state index contributed by atoms with van der Waals surface area (Å²) in [6.45, 7) is 5.86. The molecule has 1 unspecified atom stereocenters. The number of hydrogen-bond acceptors (Lipinski definition) is 1. The molecule has 90 valence electrons. The highest BCUT2D eigenvalue weighted by molar-refractivity contribution is 9.10. The van der Waals surface area contributed by atoms with Gasteiger partial charge in [-0.3, -0.25) is 0 Å². The SMILES string of the molecule is CC(C)(C)S(=O)NCc1cc(Br)ccc1F. The van der Waals surface area contributed by atoms with Crippen molar-refractivity contribution in [2.75, 3.05) is 0 Å². The third-order valence-corrected chi connectivity index (χ3v) is 3.97. The maximum absolute atomic E-state index is 13.4. The minimum atomic E-state index is -1.18. The normalized spacial score (nSPS) is 13.8. The van der Waals surface area contributed by atoms with Crippen LogP contribution in [-0.4, -0.2) is 8.96 Å². The second kappa shape index (κ2) is 5.38. The Kier molecular flexibility index (Phi) is 4.64. The van der Waals surface area contributed by atoms with E-state index in [9.17, 15) is 8.60 Å². The van der Waals surface area contributed by atoms with E-state index in [1.54, 1.807) is 12.1 Å². The van der Waals surface area contributed by atoms with Crippen molar-refractivity contribution in [1.82, 2.24) is 4.72 Å². The minimum Gasteiger partial charge on any atom is -0.242 e. The molecule has 0 aromatic heterocycles. The van der Waals surface area contributed by atoms with E-state index in [1.807, 2.05) is 20.8 Å². The Morgan fingerprint density at radius 1 is 1.44 bits per heavy atom. The molecule has 1 aromatic rings. The van der Waals surface area contributed by atoms with Gasteiger partial charge in [-0.05, 0) is 39.0 Å². The van der Waals surface area contributed by atoms with Gasteiger partial charge in [0.25, 0.3) is 0 Å². The van der Waals surface area contributed by atoms with Gasteiger partial charge in [0.05, 0.1) is 15.7 Å². The van der Waals surface area contributed by atoms with Crippen LogP contribution < -0.4 is 4.72 Å². The highest BCUT2D eigenvalue weighted by Gasteiger charge is 2.19. The zero-order valence-electron chi connectivity index (χ0n) is 9.51. The van der Waals surface area contributed by atoms with Crippen LogP contribution in [0.1, 0.15) is 26.3 Å². The summed E-state index contributed by atoms with van der Waals surface area (Å²) in [5, 5.41) is 0. The van der Waals surface area contributed by atoms with Gasteiger partial charge in [-0.1, -0.05) is 15.9 Å². The third kappa shape index (κ3) is 3.96. The fourth-order valence-electron chi connectivity index (χ4n) is 1.04. The van der Waals surface area contributed by atoms with E-state index in [-0.39, 0.29) is 17.1 Å². The van der Waals surface area contributed by atoms with E-state index in [1.165, 1.54) is 6.07 Å². The Hall–Kier alpha value is -0.260. The van der Waals surface area contributed by atoms with E-state index >= 15 is 0 Å². The molecule has 0 amide bonds. The zero-order chi connectivity index (χ0) is 12.3. The molecule has 0 fully saturated rings. The number of hydrogen-bond donors (Lipinski definition) is 1. The predicted octanol–water partition coefficient (Wildman–Crippen LogP) is 3.14. The third-order valence-electron chi connectivity index (χ3n) is 1.96. The zero-order valence-corrected chi connectivity index (χ0v) is 11.9. The maximum atomic E-state index is 13.4. The van der Waals surface area contributed by atoms with Crippen LogP contribution in [0.3, 0.4) is 0 Å². The molecule has 1 aromatic carbocycles. The Morgan fingerprint density at radius 3 is 2.62 bits per heavy atom. The lowest BCUT2D eigenvalue weighted by Crippen LogP contribution is -2.33. The van der Waals surface area contributed by atoms with Crippen molar-refractivity contribution >= 4 is 26.9 Å². The molecule has 5 heteroatoms. The fraction of sp³-hybridized carbons (Fsp3) is 0.455.